The Balaban J connectivity index is 1.38. The van der Waals surface area contributed by atoms with Gasteiger partial charge in [-0.1, -0.05) is 48.5 Å². The van der Waals surface area contributed by atoms with E-state index in [1.807, 2.05) is 23.1 Å². The molecule has 2 amide bonds. The molecule has 0 aliphatic carbocycles. The number of carbonyl (C=O) groups is 2. The summed E-state index contributed by atoms with van der Waals surface area (Å²) in [5.41, 5.74) is 1.19. The molecule has 2 fully saturated rings. The van der Waals surface area contributed by atoms with E-state index in [4.69, 9.17) is 4.74 Å². The second-order valence-electron chi connectivity index (χ2n) is 8.66. The molecule has 34 heavy (non-hydrogen) atoms. The maximum absolute atomic E-state index is 12.9. The molecule has 4 rings (SSSR count). The zero-order chi connectivity index (χ0) is 23.8. The van der Waals surface area contributed by atoms with Crippen LogP contribution in [-0.2, 0) is 22.6 Å². The van der Waals surface area contributed by atoms with Crippen molar-refractivity contribution in [2.45, 2.75) is 44.4 Å². The number of nitrogens with zero attached hydrogens (tertiary/aromatic N) is 6. The van der Waals surface area contributed by atoms with E-state index in [-0.39, 0.29) is 12.0 Å². The van der Waals surface area contributed by atoms with Crippen LogP contribution in [0.1, 0.15) is 37.6 Å². The Morgan fingerprint density at radius 2 is 1.62 bits per heavy atom. The Labute approximate surface area is 205 Å². The van der Waals surface area contributed by atoms with Crippen molar-refractivity contribution in [3.05, 3.63) is 41.7 Å². The van der Waals surface area contributed by atoms with Gasteiger partial charge in [0.2, 0.25) is 5.91 Å². The lowest BCUT2D eigenvalue weighted by Crippen LogP contribution is -2.51. The van der Waals surface area contributed by atoms with Gasteiger partial charge in [0, 0.05) is 26.2 Å². The fourth-order valence-electron chi connectivity index (χ4n) is 4.36. The van der Waals surface area contributed by atoms with E-state index in [9.17, 15) is 9.59 Å². The molecule has 2 aliphatic rings. The molecule has 10 heteroatoms. The van der Waals surface area contributed by atoms with Crippen molar-refractivity contribution in [2.75, 3.05) is 51.6 Å². The molecule has 0 atom stereocenters. The van der Waals surface area contributed by atoms with Crippen LogP contribution >= 0.6 is 11.8 Å². The smallest absolute Gasteiger partial charge is 0.409 e. The third-order valence-corrected chi connectivity index (χ3v) is 7.23. The lowest BCUT2D eigenvalue weighted by atomic mass is 10.1. The highest BCUT2D eigenvalue weighted by molar-refractivity contribution is 7.99. The number of carbonyl (C=O) groups excluding carboxylic acids is 2. The van der Waals surface area contributed by atoms with Crippen molar-refractivity contribution in [3.8, 4) is 0 Å². The van der Waals surface area contributed by atoms with Crippen LogP contribution in [0, 0.1) is 0 Å². The van der Waals surface area contributed by atoms with Gasteiger partial charge in [0.25, 0.3) is 0 Å². The minimum atomic E-state index is -0.306. The van der Waals surface area contributed by atoms with Crippen LogP contribution in [0.5, 0.6) is 0 Å². The standard InChI is InChI=1S/C24H34N6O3S/c1-2-33-24(32)29-15-13-28(14-16-29)22(31)19-34-23-26-25-21(18-27-11-7-4-8-12-27)30(23)17-20-9-5-3-6-10-20/h3,5-6,9-10H,2,4,7-8,11-19H2,1H3. The molecule has 0 radical (unpaired) electrons. The van der Waals surface area contributed by atoms with Gasteiger partial charge in [0.15, 0.2) is 5.16 Å². The van der Waals surface area contributed by atoms with Crippen LogP contribution in [-0.4, -0.2) is 93.1 Å². The highest BCUT2D eigenvalue weighted by Crippen LogP contribution is 2.22. The molecule has 2 aliphatic heterocycles. The van der Waals surface area contributed by atoms with E-state index in [1.54, 1.807) is 11.8 Å². The second-order valence-corrected chi connectivity index (χ2v) is 9.61. The molecule has 0 N–H and O–H groups in total. The number of hydrogen-bond acceptors (Lipinski definition) is 7. The van der Waals surface area contributed by atoms with Crippen molar-refractivity contribution in [1.29, 1.82) is 0 Å². The van der Waals surface area contributed by atoms with Crippen LogP contribution in [0.25, 0.3) is 0 Å². The molecule has 2 saturated heterocycles. The maximum Gasteiger partial charge on any atom is 0.409 e. The Hall–Kier alpha value is -2.59. The van der Waals surface area contributed by atoms with E-state index in [0.29, 0.717) is 45.1 Å². The fourth-order valence-corrected chi connectivity index (χ4v) is 5.22. The molecule has 2 aromatic rings. The normalized spacial score (nSPS) is 17.1. The zero-order valence-corrected chi connectivity index (χ0v) is 20.7. The molecule has 0 bridgehead atoms. The average molecular weight is 487 g/mol. The number of aromatic nitrogens is 3. The molecule has 1 aromatic carbocycles. The molecular weight excluding hydrogens is 452 g/mol. The third-order valence-electron chi connectivity index (χ3n) is 6.27. The summed E-state index contributed by atoms with van der Waals surface area (Å²) in [4.78, 5) is 30.7. The number of likely N-dealkylation sites (tertiary alicyclic amines) is 1. The SMILES string of the molecule is CCOC(=O)N1CCN(C(=O)CSc2nnc(CN3CCCCC3)n2Cc2ccccc2)CC1. The second kappa shape index (κ2) is 12.2. The van der Waals surface area contributed by atoms with Crippen LogP contribution in [0.2, 0.25) is 0 Å². The Morgan fingerprint density at radius 1 is 0.912 bits per heavy atom. The number of hydrogen-bond donors (Lipinski definition) is 0. The molecule has 0 saturated carbocycles. The van der Waals surface area contributed by atoms with Crippen LogP contribution < -0.4 is 0 Å². The van der Waals surface area contributed by atoms with Gasteiger partial charge in [-0.3, -0.25) is 9.69 Å². The van der Waals surface area contributed by atoms with Crippen molar-refractivity contribution in [3.63, 3.8) is 0 Å². The van der Waals surface area contributed by atoms with Crippen LogP contribution in [0.15, 0.2) is 35.5 Å². The number of amides is 2. The highest BCUT2D eigenvalue weighted by atomic mass is 32.2. The van der Waals surface area contributed by atoms with Crippen molar-refractivity contribution >= 4 is 23.8 Å². The van der Waals surface area contributed by atoms with Crippen molar-refractivity contribution < 1.29 is 14.3 Å². The average Bonchev–Trinajstić information content (AvgIpc) is 3.24. The third kappa shape index (κ3) is 6.50. The summed E-state index contributed by atoms with van der Waals surface area (Å²) in [7, 11) is 0. The Bertz CT molecular complexity index is 939. The first kappa shape index (κ1) is 24.5. The molecule has 0 unspecified atom stereocenters. The molecule has 9 nitrogen and oxygen atoms in total. The number of benzene rings is 1. The minimum Gasteiger partial charge on any atom is -0.450 e. The summed E-state index contributed by atoms with van der Waals surface area (Å²) in [6, 6.07) is 10.3. The summed E-state index contributed by atoms with van der Waals surface area (Å²) in [6.07, 6.45) is 3.45. The van der Waals surface area contributed by atoms with Crippen molar-refractivity contribution in [2.24, 2.45) is 0 Å². The fraction of sp³-hybridized carbons (Fsp3) is 0.583. The zero-order valence-electron chi connectivity index (χ0n) is 19.9. The van der Waals surface area contributed by atoms with E-state index < -0.39 is 0 Å². The van der Waals surface area contributed by atoms with Gasteiger partial charge in [-0.15, -0.1) is 10.2 Å². The van der Waals surface area contributed by atoms with E-state index in [1.165, 1.54) is 36.6 Å². The topological polar surface area (TPSA) is 83.8 Å². The van der Waals surface area contributed by atoms with Gasteiger partial charge in [-0.2, -0.15) is 0 Å². The number of ether oxygens (including phenoxy) is 1. The molecular formula is C24H34N6O3S. The lowest BCUT2D eigenvalue weighted by molar-refractivity contribution is -0.129. The summed E-state index contributed by atoms with van der Waals surface area (Å²) < 4.78 is 7.21. The minimum absolute atomic E-state index is 0.0559. The highest BCUT2D eigenvalue weighted by Gasteiger charge is 2.25. The summed E-state index contributed by atoms with van der Waals surface area (Å²) in [6.45, 7) is 7.86. The van der Waals surface area contributed by atoms with Gasteiger partial charge in [-0.25, -0.2) is 4.79 Å². The van der Waals surface area contributed by atoms with E-state index >= 15 is 0 Å². The van der Waals surface area contributed by atoms with E-state index in [0.717, 1.165) is 30.6 Å². The van der Waals surface area contributed by atoms with Crippen LogP contribution in [0.3, 0.4) is 0 Å². The number of thioether (sulfide) groups is 1. The monoisotopic (exact) mass is 486 g/mol. The number of rotatable bonds is 8. The predicted molar refractivity (Wildman–Crippen MR) is 131 cm³/mol. The van der Waals surface area contributed by atoms with Crippen molar-refractivity contribution in [1.82, 2.24) is 29.5 Å². The summed E-state index contributed by atoms with van der Waals surface area (Å²) >= 11 is 1.44. The van der Waals surface area contributed by atoms with Crippen LogP contribution in [0.4, 0.5) is 4.79 Å². The Kier molecular flexibility index (Phi) is 8.81. The summed E-state index contributed by atoms with van der Waals surface area (Å²) in [5, 5.41) is 9.74. The molecule has 1 aromatic heterocycles. The predicted octanol–water partition coefficient (Wildman–Crippen LogP) is 2.71. The first-order valence-electron chi connectivity index (χ1n) is 12.1. The van der Waals surface area contributed by atoms with Gasteiger partial charge in [0.1, 0.15) is 5.82 Å². The molecule has 184 valence electrons. The van der Waals surface area contributed by atoms with Gasteiger partial charge < -0.3 is 19.1 Å². The quantitative estimate of drug-likeness (QED) is 0.531. The lowest BCUT2D eigenvalue weighted by Gasteiger charge is -2.34. The largest absolute Gasteiger partial charge is 0.450 e. The number of piperidine rings is 1. The molecule has 3 heterocycles. The Morgan fingerprint density at radius 3 is 2.32 bits per heavy atom. The first-order chi connectivity index (χ1) is 16.6. The van der Waals surface area contributed by atoms with E-state index in [2.05, 4.69) is 31.8 Å². The van der Waals surface area contributed by atoms with Gasteiger partial charge in [0.05, 0.1) is 25.4 Å². The first-order valence-corrected chi connectivity index (χ1v) is 13.1. The number of piperazine rings is 1. The van der Waals surface area contributed by atoms with Gasteiger partial charge >= 0.3 is 6.09 Å². The maximum atomic E-state index is 12.9. The molecule has 0 spiro atoms. The van der Waals surface area contributed by atoms with Gasteiger partial charge in [-0.05, 0) is 38.4 Å². The summed E-state index contributed by atoms with van der Waals surface area (Å²) in [5.74, 6) is 1.31.